The van der Waals surface area contributed by atoms with Crippen molar-refractivity contribution in [1.82, 2.24) is 4.90 Å². The van der Waals surface area contributed by atoms with Crippen LogP contribution in [0.1, 0.15) is 47.5 Å². The van der Waals surface area contributed by atoms with Crippen LogP contribution in [0.5, 0.6) is 0 Å². The number of rotatable bonds is 1. The molecule has 0 spiro atoms. The van der Waals surface area contributed by atoms with Gasteiger partial charge in [0.1, 0.15) is 5.60 Å². The summed E-state index contributed by atoms with van der Waals surface area (Å²) in [5.41, 5.74) is -3.47. The van der Waals surface area contributed by atoms with Crippen LogP contribution >= 0.6 is 0 Å². The van der Waals surface area contributed by atoms with Gasteiger partial charge in [-0.25, -0.2) is 14.0 Å². The normalized spacial score (nSPS) is 26.1. The fraction of sp³-hybridized carbons (Fsp3) is 0.857. The van der Waals surface area contributed by atoms with Crippen molar-refractivity contribution in [2.24, 2.45) is 0 Å². The monoisotopic (exact) mass is 289 g/mol. The predicted molar refractivity (Wildman–Crippen MR) is 72.1 cm³/mol. The highest BCUT2D eigenvalue weighted by molar-refractivity contribution is 5.80. The van der Waals surface area contributed by atoms with Crippen LogP contribution in [-0.4, -0.2) is 47.4 Å². The van der Waals surface area contributed by atoms with Gasteiger partial charge in [-0.15, -0.1) is 0 Å². The fourth-order valence-electron chi connectivity index (χ4n) is 2.47. The Morgan fingerprint density at radius 1 is 1.25 bits per heavy atom. The Kier molecular flexibility index (Phi) is 4.36. The topological polar surface area (TPSA) is 55.8 Å². The highest BCUT2D eigenvalue weighted by atomic mass is 19.1. The molecule has 0 aromatic rings. The van der Waals surface area contributed by atoms with E-state index in [-0.39, 0.29) is 19.4 Å². The molecule has 1 amide bonds. The maximum atomic E-state index is 14.6. The van der Waals surface area contributed by atoms with E-state index in [0.717, 1.165) is 7.11 Å². The van der Waals surface area contributed by atoms with Crippen LogP contribution in [0.3, 0.4) is 0 Å². The molecular formula is C14H24FNO4. The van der Waals surface area contributed by atoms with Gasteiger partial charge in [-0.3, -0.25) is 0 Å². The smallest absolute Gasteiger partial charge is 0.410 e. The summed E-state index contributed by atoms with van der Waals surface area (Å²) in [5, 5.41) is 0. The third-order valence-electron chi connectivity index (χ3n) is 3.34. The first-order chi connectivity index (χ1) is 8.91. The van der Waals surface area contributed by atoms with Crippen molar-refractivity contribution in [3.05, 3.63) is 0 Å². The van der Waals surface area contributed by atoms with Crippen molar-refractivity contribution < 1.29 is 23.5 Å². The number of carbonyl (C=O) groups excluding carboxylic acids is 2. The maximum absolute atomic E-state index is 14.6. The van der Waals surface area contributed by atoms with Gasteiger partial charge in [-0.1, -0.05) is 0 Å². The van der Waals surface area contributed by atoms with E-state index in [4.69, 9.17) is 4.74 Å². The van der Waals surface area contributed by atoms with Gasteiger partial charge >= 0.3 is 12.1 Å². The van der Waals surface area contributed by atoms with Crippen molar-refractivity contribution in [3.8, 4) is 0 Å². The molecule has 0 aliphatic carbocycles. The molecule has 20 heavy (non-hydrogen) atoms. The summed E-state index contributed by atoms with van der Waals surface area (Å²) in [5.74, 6) is -0.880. The molecular weight excluding hydrogens is 265 g/mol. The minimum absolute atomic E-state index is 0.0810. The standard InChI is InChI=1S/C14H24FNO4/c1-12(2,3)20-11(18)16-8-7-14(15,10(17)19-6)9-13(16,4)5/h7-9H2,1-6H3/t14-/m0/s1. The van der Waals surface area contributed by atoms with E-state index in [2.05, 4.69) is 4.74 Å². The SMILES string of the molecule is COC(=O)[C@]1(F)CCN(C(=O)OC(C)(C)C)C(C)(C)C1. The lowest BCUT2D eigenvalue weighted by atomic mass is 9.80. The molecule has 0 unspecified atom stereocenters. The first kappa shape index (κ1) is 16.7. The number of carbonyl (C=O) groups is 2. The van der Waals surface area contributed by atoms with Gasteiger partial charge in [0.25, 0.3) is 0 Å². The van der Waals surface area contributed by atoms with Crippen molar-refractivity contribution in [3.63, 3.8) is 0 Å². The Morgan fingerprint density at radius 3 is 2.20 bits per heavy atom. The van der Waals surface area contributed by atoms with E-state index in [9.17, 15) is 14.0 Å². The molecule has 0 radical (unpaired) electrons. The largest absolute Gasteiger partial charge is 0.467 e. The van der Waals surface area contributed by atoms with E-state index in [0.29, 0.717) is 0 Å². The summed E-state index contributed by atoms with van der Waals surface area (Å²) in [6, 6.07) is 0. The van der Waals surface area contributed by atoms with Crippen LogP contribution < -0.4 is 0 Å². The molecule has 1 fully saturated rings. The summed E-state index contributed by atoms with van der Waals surface area (Å²) < 4.78 is 24.4. The zero-order chi connectivity index (χ0) is 15.8. The van der Waals surface area contributed by atoms with E-state index >= 15 is 0 Å². The van der Waals surface area contributed by atoms with Crippen LogP contribution in [0.2, 0.25) is 0 Å². The van der Waals surface area contributed by atoms with E-state index in [1.165, 1.54) is 4.90 Å². The molecule has 1 saturated heterocycles. The Balaban J connectivity index is 2.86. The molecule has 1 aliphatic heterocycles. The van der Waals surface area contributed by atoms with E-state index in [1.807, 2.05) is 0 Å². The minimum Gasteiger partial charge on any atom is -0.467 e. The third kappa shape index (κ3) is 3.61. The molecule has 6 heteroatoms. The second-order valence-corrected chi connectivity index (χ2v) is 6.83. The Morgan fingerprint density at radius 2 is 1.80 bits per heavy atom. The van der Waals surface area contributed by atoms with Crippen molar-refractivity contribution in [1.29, 1.82) is 0 Å². The highest BCUT2D eigenvalue weighted by Crippen LogP contribution is 2.38. The third-order valence-corrected chi connectivity index (χ3v) is 3.34. The second-order valence-electron chi connectivity index (χ2n) is 6.83. The van der Waals surface area contributed by atoms with E-state index in [1.54, 1.807) is 34.6 Å². The number of esters is 1. The molecule has 116 valence electrons. The number of piperidine rings is 1. The summed E-state index contributed by atoms with van der Waals surface area (Å²) in [6.07, 6.45) is -0.678. The number of nitrogens with zero attached hydrogens (tertiary/aromatic N) is 1. The van der Waals surface area contributed by atoms with Crippen LogP contribution in [0.4, 0.5) is 9.18 Å². The lowest BCUT2D eigenvalue weighted by Gasteiger charge is -2.46. The lowest BCUT2D eigenvalue weighted by molar-refractivity contribution is -0.162. The molecule has 1 rings (SSSR count). The van der Waals surface area contributed by atoms with Crippen LogP contribution in [0.15, 0.2) is 0 Å². The van der Waals surface area contributed by atoms with Crippen LogP contribution in [0, 0.1) is 0 Å². The lowest BCUT2D eigenvalue weighted by Crippen LogP contribution is -2.60. The summed E-state index contributed by atoms with van der Waals surface area (Å²) in [4.78, 5) is 25.2. The predicted octanol–water partition coefficient (Wildman–Crippen LogP) is 2.68. The summed E-state index contributed by atoms with van der Waals surface area (Å²) in [6.45, 7) is 8.87. The van der Waals surface area contributed by atoms with E-state index < -0.39 is 28.9 Å². The number of hydrogen-bond donors (Lipinski definition) is 0. The van der Waals surface area contributed by atoms with Gasteiger partial charge in [-0.05, 0) is 34.6 Å². The molecule has 0 aromatic heterocycles. The van der Waals surface area contributed by atoms with Gasteiger partial charge in [0.15, 0.2) is 0 Å². The quantitative estimate of drug-likeness (QED) is 0.696. The first-order valence-electron chi connectivity index (χ1n) is 6.69. The van der Waals surface area contributed by atoms with Gasteiger partial charge in [-0.2, -0.15) is 0 Å². The zero-order valence-electron chi connectivity index (χ0n) is 13.1. The minimum atomic E-state index is -2.04. The first-order valence-corrected chi connectivity index (χ1v) is 6.69. The maximum Gasteiger partial charge on any atom is 0.410 e. The molecule has 1 aliphatic rings. The molecule has 1 atom stereocenters. The van der Waals surface area contributed by atoms with Crippen molar-refractivity contribution >= 4 is 12.1 Å². The zero-order valence-corrected chi connectivity index (χ0v) is 13.1. The molecule has 1 heterocycles. The van der Waals surface area contributed by atoms with Gasteiger partial charge < -0.3 is 14.4 Å². The molecule has 0 saturated carbocycles. The number of halogens is 1. The van der Waals surface area contributed by atoms with Gasteiger partial charge in [0, 0.05) is 24.9 Å². The van der Waals surface area contributed by atoms with Crippen LogP contribution in [-0.2, 0) is 14.3 Å². The Labute approximate surface area is 119 Å². The molecule has 5 nitrogen and oxygen atoms in total. The van der Waals surface area contributed by atoms with Gasteiger partial charge in [0.05, 0.1) is 7.11 Å². The van der Waals surface area contributed by atoms with Crippen LogP contribution in [0.25, 0.3) is 0 Å². The number of amides is 1. The molecule has 0 N–H and O–H groups in total. The number of hydrogen-bond acceptors (Lipinski definition) is 4. The van der Waals surface area contributed by atoms with Gasteiger partial charge in [0.2, 0.25) is 5.67 Å². The number of alkyl halides is 1. The number of ether oxygens (including phenoxy) is 2. The van der Waals surface area contributed by atoms with Crippen molar-refractivity contribution in [2.45, 2.75) is 64.3 Å². The second kappa shape index (κ2) is 5.22. The Bertz CT molecular complexity index is 402. The molecule has 0 aromatic carbocycles. The van der Waals surface area contributed by atoms with Crippen molar-refractivity contribution in [2.75, 3.05) is 13.7 Å². The summed E-state index contributed by atoms with van der Waals surface area (Å²) in [7, 11) is 1.16. The average Bonchev–Trinajstić information content (AvgIpc) is 2.23. The summed E-state index contributed by atoms with van der Waals surface area (Å²) >= 11 is 0. The Hall–Kier alpha value is -1.33. The number of methoxy groups -OCH3 is 1. The average molecular weight is 289 g/mol. The highest BCUT2D eigenvalue weighted by Gasteiger charge is 2.52. The molecule has 0 bridgehead atoms. The fourth-order valence-corrected chi connectivity index (χ4v) is 2.47. The number of likely N-dealkylation sites (tertiary alicyclic amines) is 1.